The molecule has 0 atom stereocenters. The first-order valence-corrected chi connectivity index (χ1v) is 11.3. The molecule has 0 aliphatic carbocycles. The summed E-state index contributed by atoms with van der Waals surface area (Å²) >= 11 is 5.95. The molecule has 0 radical (unpaired) electrons. The Hall–Kier alpha value is -2.75. The molecule has 1 heteroatoms. The molecule has 4 aromatic carbocycles. The van der Waals surface area contributed by atoms with Crippen molar-refractivity contribution in [2.75, 3.05) is 0 Å². The molecule has 0 unspecified atom stereocenters. The maximum Gasteiger partial charge on any atom is 0.0406 e. The van der Waals surface area contributed by atoms with Gasteiger partial charge in [0.2, 0.25) is 0 Å². The Morgan fingerprint density at radius 1 is 0.633 bits per heavy atom. The van der Waals surface area contributed by atoms with Gasteiger partial charge in [-0.1, -0.05) is 92.4 Å². The highest BCUT2D eigenvalue weighted by Gasteiger charge is 2.03. The third-order valence-corrected chi connectivity index (χ3v) is 5.92. The summed E-state index contributed by atoms with van der Waals surface area (Å²) in [5, 5.41) is 5.91. The second kappa shape index (κ2) is 9.84. The summed E-state index contributed by atoms with van der Waals surface area (Å²) in [7, 11) is 0. The molecule has 0 spiro atoms. The zero-order valence-electron chi connectivity index (χ0n) is 17.5. The van der Waals surface area contributed by atoms with Gasteiger partial charge in [0, 0.05) is 16.1 Å². The molecule has 150 valence electrons. The van der Waals surface area contributed by atoms with Crippen LogP contribution in [0.25, 0.3) is 21.5 Å². The van der Waals surface area contributed by atoms with Gasteiger partial charge in [0.05, 0.1) is 0 Å². The van der Waals surface area contributed by atoms with Crippen LogP contribution in [0.15, 0.2) is 72.8 Å². The molecular formula is C29H27Cl. The molecule has 0 bridgehead atoms. The van der Waals surface area contributed by atoms with Crippen molar-refractivity contribution in [3.05, 3.63) is 94.5 Å². The van der Waals surface area contributed by atoms with Crippen molar-refractivity contribution >= 4 is 33.1 Å². The lowest BCUT2D eigenvalue weighted by Gasteiger charge is -2.08. The van der Waals surface area contributed by atoms with E-state index in [9.17, 15) is 0 Å². The Kier molecular flexibility index (Phi) is 6.73. The smallest absolute Gasteiger partial charge is 0.0406 e. The van der Waals surface area contributed by atoms with Crippen LogP contribution in [0.1, 0.15) is 55.7 Å². The van der Waals surface area contributed by atoms with Gasteiger partial charge in [-0.2, -0.15) is 0 Å². The number of fused-ring (bicyclic) bond motifs is 3. The second-order valence-electron chi connectivity index (χ2n) is 7.98. The highest BCUT2D eigenvalue weighted by atomic mass is 35.5. The highest BCUT2D eigenvalue weighted by Crippen LogP contribution is 2.27. The van der Waals surface area contributed by atoms with E-state index in [0.29, 0.717) is 0 Å². The minimum absolute atomic E-state index is 0.734. The van der Waals surface area contributed by atoms with Gasteiger partial charge < -0.3 is 0 Å². The van der Waals surface area contributed by atoms with Gasteiger partial charge >= 0.3 is 0 Å². The molecule has 4 aromatic rings. The van der Waals surface area contributed by atoms with E-state index in [4.69, 9.17) is 11.6 Å². The van der Waals surface area contributed by atoms with E-state index in [1.165, 1.54) is 65.6 Å². The molecule has 0 saturated carbocycles. The first-order chi connectivity index (χ1) is 14.7. The summed E-state index contributed by atoms with van der Waals surface area (Å²) in [6, 6.07) is 25.6. The van der Waals surface area contributed by atoms with E-state index in [1.807, 2.05) is 24.3 Å². The highest BCUT2D eigenvalue weighted by molar-refractivity contribution is 6.30. The van der Waals surface area contributed by atoms with Gasteiger partial charge in [0.1, 0.15) is 0 Å². The predicted molar refractivity (Wildman–Crippen MR) is 131 cm³/mol. The van der Waals surface area contributed by atoms with E-state index in [0.717, 1.165) is 16.1 Å². The van der Waals surface area contributed by atoms with Crippen LogP contribution in [0.3, 0.4) is 0 Å². The fourth-order valence-electron chi connectivity index (χ4n) is 3.96. The quantitative estimate of drug-likeness (QED) is 0.169. The van der Waals surface area contributed by atoms with Crippen molar-refractivity contribution < 1.29 is 0 Å². The standard InChI is InChI=1S/C29H27Cl/c1-2-3-4-5-6-7-23-12-18-28-25(20-23)14-15-26-21-24(13-19-29(26)28)9-8-22-10-16-27(30)17-11-22/h10-21H,2-7H2,1H3. The Morgan fingerprint density at radius 3 is 2.03 bits per heavy atom. The van der Waals surface area contributed by atoms with Crippen LogP contribution in [-0.4, -0.2) is 0 Å². The second-order valence-corrected chi connectivity index (χ2v) is 8.41. The molecule has 0 heterocycles. The molecule has 4 rings (SSSR count). The van der Waals surface area contributed by atoms with Crippen molar-refractivity contribution in [2.24, 2.45) is 0 Å². The SMILES string of the molecule is CCCCCCCc1ccc2c(ccc3cc(C#Cc4ccc(Cl)cc4)ccc32)c1. The minimum atomic E-state index is 0.734. The molecular weight excluding hydrogens is 384 g/mol. The maximum absolute atomic E-state index is 5.95. The Morgan fingerprint density at radius 2 is 1.27 bits per heavy atom. The zero-order chi connectivity index (χ0) is 20.8. The summed E-state index contributed by atoms with van der Waals surface area (Å²) in [5.74, 6) is 6.50. The lowest BCUT2D eigenvalue weighted by Crippen LogP contribution is -1.87. The van der Waals surface area contributed by atoms with Crippen LogP contribution in [0.4, 0.5) is 0 Å². The fourth-order valence-corrected chi connectivity index (χ4v) is 4.09. The van der Waals surface area contributed by atoms with E-state index in [-0.39, 0.29) is 0 Å². The van der Waals surface area contributed by atoms with Crippen LogP contribution in [0.2, 0.25) is 5.02 Å². The number of benzene rings is 4. The summed E-state index contributed by atoms with van der Waals surface area (Å²) in [4.78, 5) is 0. The fraction of sp³-hybridized carbons (Fsp3) is 0.241. The average Bonchev–Trinajstić information content (AvgIpc) is 2.78. The van der Waals surface area contributed by atoms with E-state index in [1.54, 1.807) is 0 Å². The van der Waals surface area contributed by atoms with Gasteiger partial charge in [-0.15, -0.1) is 0 Å². The molecule has 30 heavy (non-hydrogen) atoms. The molecule has 0 saturated heterocycles. The zero-order valence-corrected chi connectivity index (χ0v) is 18.3. The number of aryl methyl sites for hydroxylation is 1. The Bertz CT molecular complexity index is 1210. The average molecular weight is 411 g/mol. The van der Waals surface area contributed by atoms with Crippen molar-refractivity contribution in [2.45, 2.75) is 45.4 Å². The van der Waals surface area contributed by atoms with Crippen LogP contribution in [-0.2, 0) is 6.42 Å². The van der Waals surface area contributed by atoms with Crippen molar-refractivity contribution in [3.8, 4) is 11.8 Å². The van der Waals surface area contributed by atoms with E-state index in [2.05, 4.69) is 67.3 Å². The first-order valence-electron chi connectivity index (χ1n) is 11.0. The van der Waals surface area contributed by atoms with Crippen molar-refractivity contribution in [1.29, 1.82) is 0 Å². The predicted octanol–water partition coefficient (Wildman–Crippen LogP) is 8.56. The van der Waals surface area contributed by atoms with Crippen molar-refractivity contribution in [3.63, 3.8) is 0 Å². The molecule has 0 fully saturated rings. The minimum Gasteiger partial charge on any atom is -0.0843 e. The van der Waals surface area contributed by atoms with E-state index >= 15 is 0 Å². The van der Waals surface area contributed by atoms with E-state index < -0.39 is 0 Å². The van der Waals surface area contributed by atoms with Gasteiger partial charge in [0.15, 0.2) is 0 Å². The summed E-state index contributed by atoms with van der Waals surface area (Å²) < 4.78 is 0. The van der Waals surface area contributed by atoms with Crippen LogP contribution in [0.5, 0.6) is 0 Å². The normalized spacial score (nSPS) is 10.9. The topological polar surface area (TPSA) is 0 Å². The van der Waals surface area contributed by atoms with Crippen LogP contribution < -0.4 is 0 Å². The van der Waals surface area contributed by atoms with Crippen LogP contribution >= 0.6 is 11.6 Å². The number of hydrogen-bond donors (Lipinski definition) is 0. The number of halogens is 1. The van der Waals surface area contributed by atoms with Gasteiger partial charge in [-0.25, -0.2) is 0 Å². The molecule has 0 aromatic heterocycles. The largest absolute Gasteiger partial charge is 0.0843 e. The molecule has 0 N–H and O–H groups in total. The summed E-state index contributed by atoms with van der Waals surface area (Å²) in [6.07, 6.45) is 7.82. The number of unbranched alkanes of at least 4 members (excludes halogenated alkanes) is 4. The third-order valence-electron chi connectivity index (χ3n) is 5.66. The lowest BCUT2D eigenvalue weighted by molar-refractivity contribution is 0.632. The van der Waals surface area contributed by atoms with Crippen LogP contribution in [0, 0.1) is 11.8 Å². The monoisotopic (exact) mass is 410 g/mol. The Balaban J connectivity index is 1.54. The Labute approximate surface area is 184 Å². The molecule has 0 amide bonds. The molecule has 0 nitrogen and oxygen atoms in total. The summed E-state index contributed by atoms with van der Waals surface area (Å²) in [6.45, 7) is 2.27. The first kappa shape index (κ1) is 20.5. The van der Waals surface area contributed by atoms with Gasteiger partial charge in [-0.3, -0.25) is 0 Å². The molecule has 0 aliphatic rings. The van der Waals surface area contributed by atoms with Gasteiger partial charge in [-0.05, 0) is 76.3 Å². The number of hydrogen-bond acceptors (Lipinski definition) is 0. The van der Waals surface area contributed by atoms with Crippen molar-refractivity contribution in [1.82, 2.24) is 0 Å². The van der Waals surface area contributed by atoms with Gasteiger partial charge in [0.25, 0.3) is 0 Å². The maximum atomic E-state index is 5.95. The molecule has 0 aliphatic heterocycles. The summed E-state index contributed by atoms with van der Waals surface area (Å²) in [5.41, 5.74) is 3.45. The number of rotatable bonds is 6. The lowest BCUT2D eigenvalue weighted by atomic mass is 9.97. The third kappa shape index (κ3) is 5.05.